The number of rotatable bonds is 7. The van der Waals surface area contributed by atoms with E-state index in [2.05, 4.69) is 5.10 Å². The third kappa shape index (κ3) is 3.80. The molecule has 1 rings (SSSR count). The van der Waals surface area contributed by atoms with Gasteiger partial charge in [0.25, 0.3) is 0 Å². The van der Waals surface area contributed by atoms with Gasteiger partial charge < -0.3 is 10.8 Å². The van der Waals surface area contributed by atoms with Gasteiger partial charge in [0.15, 0.2) is 0 Å². The molecule has 1 atom stereocenters. The maximum absolute atomic E-state index is 11.6. The third-order valence-corrected chi connectivity index (χ3v) is 3.36. The molecule has 3 N–H and O–H groups in total. The Labute approximate surface area is 114 Å². The predicted molar refractivity (Wildman–Crippen MR) is 74.9 cm³/mol. The van der Waals surface area contributed by atoms with Crippen molar-refractivity contribution >= 4 is 5.97 Å². The highest BCUT2D eigenvalue weighted by Gasteiger charge is 2.38. The van der Waals surface area contributed by atoms with Crippen LogP contribution in [0.3, 0.4) is 0 Å². The Hall–Kier alpha value is -1.36. The zero-order chi connectivity index (χ0) is 14.6. The third-order valence-electron chi connectivity index (χ3n) is 3.36. The summed E-state index contributed by atoms with van der Waals surface area (Å²) in [6.45, 7) is 8.24. The number of nitrogens with zero attached hydrogens (tertiary/aromatic N) is 2. The summed E-state index contributed by atoms with van der Waals surface area (Å²) in [4.78, 5) is 11.6. The normalized spacial score (nSPS) is 14.9. The van der Waals surface area contributed by atoms with E-state index in [4.69, 9.17) is 5.73 Å². The summed E-state index contributed by atoms with van der Waals surface area (Å²) in [6.07, 6.45) is 2.84. The molecule has 19 heavy (non-hydrogen) atoms. The summed E-state index contributed by atoms with van der Waals surface area (Å²) >= 11 is 0. The molecule has 0 aliphatic heterocycles. The van der Waals surface area contributed by atoms with Gasteiger partial charge in [-0.2, -0.15) is 5.10 Å². The molecule has 0 fully saturated rings. The summed E-state index contributed by atoms with van der Waals surface area (Å²) in [5.41, 5.74) is 5.64. The maximum Gasteiger partial charge on any atom is 0.311 e. The van der Waals surface area contributed by atoms with E-state index in [1.165, 1.54) is 0 Å². The quantitative estimate of drug-likeness (QED) is 0.792. The summed E-state index contributed by atoms with van der Waals surface area (Å²) in [6, 6.07) is 2.16. The van der Waals surface area contributed by atoms with Crippen LogP contribution in [0.2, 0.25) is 0 Å². The molecule has 0 radical (unpaired) electrons. The molecule has 0 aliphatic carbocycles. The van der Waals surface area contributed by atoms with E-state index in [0.717, 1.165) is 5.69 Å². The van der Waals surface area contributed by atoms with Gasteiger partial charge in [0, 0.05) is 25.2 Å². The molecule has 0 spiro atoms. The first-order valence-corrected chi connectivity index (χ1v) is 6.78. The van der Waals surface area contributed by atoms with Crippen LogP contribution < -0.4 is 5.73 Å². The van der Waals surface area contributed by atoms with E-state index < -0.39 is 11.4 Å². The van der Waals surface area contributed by atoms with Gasteiger partial charge in [0.1, 0.15) is 0 Å². The molecule has 0 saturated heterocycles. The molecule has 0 aromatic carbocycles. The van der Waals surface area contributed by atoms with Crippen molar-refractivity contribution in [3.05, 3.63) is 18.0 Å². The molecule has 1 aromatic heterocycles. The molecule has 1 aromatic rings. The fraction of sp³-hybridized carbons (Fsp3) is 0.714. The molecule has 1 heterocycles. The maximum atomic E-state index is 11.6. The van der Waals surface area contributed by atoms with Gasteiger partial charge in [-0.1, -0.05) is 13.8 Å². The van der Waals surface area contributed by atoms with Gasteiger partial charge in [-0.25, -0.2) is 0 Å². The molecule has 1 unspecified atom stereocenters. The lowest BCUT2D eigenvalue weighted by Gasteiger charge is -2.29. The van der Waals surface area contributed by atoms with Crippen molar-refractivity contribution in [2.24, 2.45) is 17.1 Å². The molecular weight excluding hydrogens is 242 g/mol. The van der Waals surface area contributed by atoms with E-state index in [1.54, 1.807) is 0 Å². The van der Waals surface area contributed by atoms with Crippen molar-refractivity contribution in [2.45, 2.75) is 46.6 Å². The summed E-state index contributed by atoms with van der Waals surface area (Å²) in [5, 5.41) is 14.0. The lowest BCUT2D eigenvalue weighted by atomic mass is 9.76. The summed E-state index contributed by atoms with van der Waals surface area (Å²) in [5.74, 6) is -0.547. The molecule has 0 bridgehead atoms. The Morgan fingerprint density at radius 1 is 1.47 bits per heavy atom. The van der Waals surface area contributed by atoms with Crippen molar-refractivity contribution in [1.82, 2.24) is 9.78 Å². The molecule has 5 heteroatoms. The van der Waals surface area contributed by atoms with Crippen LogP contribution in [-0.4, -0.2) is 27.4 Å². The number of hydrogen-bond acceptors (Lipinski definition) is 3. The van der Waals surface area contributed by atoms with Crippen LogP contribution in [0.15, 0.2) is 12.3 Å². The first kappa shape index (κ1) is 15.7. The monoisotopic (exact) mass is 267 g/mol. The topological polar surface area (TPSA) is 81.1 Å². The number of carboxylic acid groups (broad SMARTS) is 1. The second-order valence-electron chi connectivity index (χ2n) is 5.95. The van der Waals surface area contributed by atoms with Gasteiger partial charge in [0.2, 0.25) is 0 Å². The standard InChI is InChI=1S/C14H25N3O2/c1-10(2)7-14(9-15,13(18)19)8-12-5-6-17(16-12)11(3)4/h5-6,10-11H,7-9,15H2,1-4H3,(H,18,19). The average Bonchev–Trinajstić information content (AvgIpc) is 2.75. The smallest absolute Gasteiger partial charge is 0.311 e. The molecule has 5 nitrogen and oxygen atoms in total. The summed E-state index contributed by atoms with van der Waals surface area (Å²) < 4.78 is 1.84. The highest BCUT2D eigenvalue weighted by atomic mass is 16.4. The first-order chi connectivity index (χ1) is 8.80. The van der Waals surface area contributed by atoms with Crippen LogP contribution in [-0.2, 0) is 11.2 Å². The van der Waals surface area contributed by atoms with Crippen LogP contribution in [0.25, 0.3) is 0 Å². The lowest BCUT2D eigenvalue weighted by molar-refractivity contribution is -0.149. The average molecular weight is 267 g/mol. The number of hydrogen-bond donors (Lipinski definition) is 2. The van der Waals surface area contributed by atoms with E-state index in [9.17, 15) is 9.90 Å². The van der Waals surface area contributed by atoms with Crippen molar-refractivity contribution in [3.63, 3.8) is 0 Å². The van der Waals surface area contributed by atoms with Crippen molar-refractivity contribution in [2.75, 3.05) is 6.54 Å². The number of aliphatic carboxylic acids is 1. The van der Waals surface area contributed by atoms with Crippen molar-refractivity contribution < 1.29 is 9.90 Å². The van der Waals surface area contributed by atoms with E-state index in [1.807, 2.05) is 44.6 Å². The van der Waals surface area contributed by atoms with Gasteiger partial charge in [-0.3, -0.25) is 9.48 Å². The van der Waals surface area contributed by atoms with Gasteiger partial charge in [-0.05, 0) is 32.3 Å². The van der Waals surface area contributed by atoms with Gasteiger partial charge in [-0.15, -0.1) is 0 Å². The minimum Gasteiger partial charge on any atom is -0.481 e. The zero-order valence-electron chi connectivity index (χ0n) is 12.3. The Morgan fingerprint density at radius 2 is 2.11 bits per heavy atom. The van der Waals surface area contributed by atoms with Crippen LogP contribution >= 0.6 is 0 Å². The number of aromatic nitrogens is 2. The Bertz CT molecular complexity index is 426. The fourth-order valence-electron chi connectivity index (χ4n) is 2.37. The Kier molecular flexibility index (Phi) is 5.11. The fourth-order valence-corrected chi connectivity index (χ4v) is 2.37. The minimum absolute atomic E-state index is 0.134. The molecular formula is C14H25N3O2. The second kappa shape index (κ2) is 6.19. The van der Waals surface area contributed by atoms with Crippen LogP contribution in [0.1, 0.15) is 45.9 Å². The van der Waals surface area contributed by atoms with Crippen molar-refractivity contribution in [3.8, 4) is 0 Å². The predicted octanol–water partition coefficient (Wildman–Crippen LogP) is 2.08. The van der Waals surface area contributed by atoms with Gasteiger partial charge in [0.05, 0.1) is 11.1 Å². The van der Waals surface area contributed by atoms with Gasteiger partial charge >= 0.3 is 5.97 Å². The highest BCUT2D eigenvalue weighted by molar-refractivity contribution is 5.75. The van der Waals surface area contributed by atoms with E-state index in [0.29, 0.717) is 12.8 Å². The van der Waals surface area contributed by atoms with E-state index >= 15 is 0 Å². The molecule has 0 saturated carbocycles. The van der Waals surface area contributed by atoms with Crippen LogP contribution in [0.5, 0.6) is 0 Å². The Morgan fingerprint density at radius 3 is 2.47 bits per heavy atom. The molecule has 0 amide bonds. The summed E-state index contributed by atoms with van der Waals surface area (Å²) in [7, 11) is 0. The lowest BCUT2D eigenvalue weighted by Crippen LogP contribution is -2.42. The number of nitrogens with two attached hydrogens (primary N) is 1. The molecule has 108 valence electrons. The van der Waals surface area contributed by atoms with Crippen molar-refractivity contribution in [1.29, 1.82) is 0 Å². The number of carboxylic acids is 1. The highest BCUT2D eigenvalue weighted by Crippen LogP contribution is 2.30. The largest absolute Gasteiger partial charge is 0.481 e. The van der Waals surface area contributed by atoms with Crippen LogP contribution in [0.4, 0.5) is 0 Å². The number of carbonyl (C=O) groups is 1. The molecule has 0 aliphatic rings. The second-order valence-corrected chi connectivity index (χ2v) is 5.95. The first-order valence-electron chi connectivity index (χ1n) is 6.78. The van der Waals surface area contributed by atoms with Crippen LogP contribution in [0, 0.1) is 11.3 Å². The SMILES string of the molecule is CC(C)CC(CN)(Cc1ccn(C(C)C)n1)C(=O)O. The zero-order valence-corrected chi connectivity index (χ0v) is 12.3. The minimum atomic E-state index is -0.912. The van der Waals surface area contributed by atoms with E-state index in [-0.39, 0.29) is 18.5 Å². The Balaban J connectivity index is 2.96.